The SMILES string of the molecule is COc1ccsc1C(=O)c1cc(C)c(F)c(C)c1. The van der Waals surface area contributed by atoms with E-state index in [0.717, 1.165) is 0 Å². The molecule has 0 aliphatic carbocycles. The van der Waals surface area contributed by atoms with E-state index in [4.69, 9.17) is 4.74 Å². The van der Waals surface area contributed by atoms with Crippen LogP contribution < -0.4 is 4.74 Å². The summed E-state index contributed by atoms with van der Waals surface area (Å²) in [5, 5.41) is 1.80. The summed E-state index contributed by atoms with van der Waals surface area (Å²) in [6.45, 7) is 3.32. The molecular weight excluding hydrogens is 251 g/mol. The van der Waals surface area contributed by atoms with Crippen molar-refractivity contribution in [2.24, 2.45) is 0 Å². The predicted octanol–water partition coefficient (Wildman–Crippen LogP) is 3.74. The monoisotopic (exact) mass is 264 g/mol. The normalized spacial score (nSPS) is 10.4. The Morgan fingerprint density at radius 2 is 1.89 bits per heavy atom. The van der Waals surface area contributed by atoms with Crippen LogP contribution in [0, 0.1) is 19.7 Å². The molecule has 0 saturated carbocycles. The molecule has 4 heteroatoms. The van der Waals surface area contributed by atoms with Crippen molar-refractivity contribution in [1.29, 1.82) is 0 Å². The van der Waals surface area contributed by atoms with Crippen molar-refractivity contribution in [3.05, 3.63) is 51.0 Å². The number of aryl methyl sites for hydroxylation is 2. The first kappa shape index (κ1) is 12.8. The van der Waals surface area contributed by atoms with Gasteiger partial charge in [-0.1, -0.05) is 0 Å². The van der Waals surface area contributed by atoms with Crippen molar-refractivity contribution < 1.29 is 13.9 Å². The van der Waals surface area contributed by atoms with Crippen LogP contribution in [0.3, 0.4) is 0 Å². The number of halogens is 1. The number of hydrogen-bond donors (Lipinski definition) is 0. The summed E-state index contributed by atoms with van der Waals surface area (Å²) in [7, 11) is 1.53. The summed E-state index contributed by atoms with van der Waals surface area (Å²) < 4.78 is 18.7. The van der Waals surface area contributed by atoms with Gasteiger partial charge < -0.3 is 4.74 Å². The van der Waals surface area contributed by atoms with E-state index < -0.39 is 0 Å². The zero-order chi connectivity index (χ0) is 13.3. The Kier molecular flexibility index (Phi) is 3.48. The Morgan fingerprint density at radius 3 is 2.44 bits per heavy atom. The van der Waals surface area contributed by atoms with Gasteiger partial charge >= 0.3 is 0 Å². The Balaban J connectivity index is 2.47. The lowest BCUT2D eigenvalue weighted by atomic mass is 10.0. The molecule has 0 radical (unpaired) electrons. The second-order valence-corrected chi connectivity index (χ2v) is 4.99. The Labute approximate surface area is 109 Å². The van der Waals surface area contributed by atoms with E-state index in [9.17, 15) is 9.18 Å². The van der Waals surface area contributed by atoms with Gasteiger partial charge in [0.05, 0.1) is 7.11 Å². The summed E-state index contributed by atoms with van der Waals surface area (Å²) >= 11 is 1.32. The molecule has 0 atom stereocenters. The van der Waals surface area contributed by atoms with Gasteiger partial charge in [-0.15, -0.1) is 11.3 Å². The van der Waals surface area contributed by atoms with Crippen molar-refractivity contribution in [1.82, 2.24) is 0 Å². The molecule has 0 aliphatic rings. The topological polar surface area (TPSA) is 26.3 Å². The zero-order valence-corrected chi connectivity index (χ0v) is 11.2. The number of ketones is 1. The minimum Gasteiger partial charge on any atom is -0.495 e. The molecule has 1 aromatic heterocycles. The molecule has 0 unspecified atom stereocenters. The Hall–Kier alpha value is -1.68. The third-order valence-electron chi connectivity index (χ3n) is 2.75. The smallest absolute Gasteiger partial charge is 0.206 e. The highest BCUT2D eigenvalue weighted by molar-refractivity contribution is 7.12. The molecule has 0 N–H and O–H groups in total. The number of methoxy groups -OCH3 is 1. The fraction of sp³-hybridized carbons (Fsp3) is 0.214. The summed E-state index contributed by atoms with van der Waals surface area (Å²) in [5.41, 5.74) is 1.45. The van der Waals surface area contributed by atoms with Gasteiger partial charge in [0.25, 0.3) is 0 Å². The second kappa shape index (κ2) is 4.90. The van der Waals surface area contributed by atoms with Crippen molar-refractivity contribution in [2.45, 2.75) is 13.8 Å². The fourth-order valence-corrected chi connectivity index (χ4v) is 2.65. The van der Waals surface area contributed by atoms with Gasteiger partial charge in [0.15, 0.2) is 0 Å². The molecule has 2 nitrogen and oxygen atoms in total. The number of rotatable bonds is 3. The molecule has 0 amide bonds. The third kappa shape index (κ3) is 2.16. The average Bonchev–Trinajstić information content (AvgIpc) is 2.82. The molecule has 18 heavy (non-hydrogen) atoms. The predicted molar refractivity (Wildman–Crippen MR) is 70.2 cm³/mol. The van der Waals surface area contributed by atoms with E-state index in [-0.39, 0.29) is 11.6 Å². The van der Waals surface area contributed by atoms with E-state index in [1.165, 1.54) is 18.4 Å². The molecule has 0 spiro atoms. The molecule has 0 saturated heterocycles. The highest BCUT2D eigenvalue weighted by atomic mass is 32.1. The highest BCUT2D eigenvalue weighted by Crippen LogP contribution is 2.28. The number of thiophene rings is 1. The van der Waals surface area contributed by atoms with Crippen LogP contribution >= 0.6 is 11.3 Å². The van der Waals surface area contributed by atoms with Gasteiger partial charge in [-0.05, 0) is 48.6 Å². The van der Waals surface area contributed by atoms with Gasteiger partial charge in [-0.3, -0.25) is 4.79 Å². The average molecular weight is 264 g/mol. The second-order valence-electron chi connectivity index (χ2n) is 4.07. The van der Waals surface area contributed by atoms with Crippen molar-refractivity contribution in [2.75, 3.05) is 7.11 Å². The van der Waals surface area contributed by atoms with Crippen LogP contribution in [0.2, 0.25) is 0 Å². The standard InChI is InChI=1S/C14H13FO2S/c1-8-6-10(7-9(2)12(8)15)13(16)14-11(17-3)4-5-18-14/h4-7H,1-3H3. The van der Waals surface area contributed by atoms with Gasteiger partial charge in [0.1, 0.15) is 16.4 Å². The molecule has 1 heterocycles. The van der Waals surface area contributed by atoms with E-state index in [2.05, 4.69) is 0 Å². The third-order valence-corrected chi connectivity index (χ3v) is 3.65. The zero-order valence-electron chi connectivity index (χ0n) is 10.4. The molecule has 0 bridgehead atoms. The first-order valence-corrected chi connectivity index (χ1v) is 6.35. The maximum atomic E-state index is 13.5. The van der Waals surface area contributed by atoms with Gasteiger partial charge in [0.2, 0.25) is 5.78 Å². The van der Waals surface area contributed by atoms with E-state index in [0.29, 0.717) is 27.3 Å². The molecule has 2 aromatic rings. The Bertz CT molecular complexity index is 579. The summed E-state index contributed by atoms with van der Waals surface area (Å²) in [6, 6.07) is 4.90. The van der Waals surface area contributed by atoms with Crippen LogP contribution in [0.15, 0.2) is 23.6 Å². The van der Waals surface area contributed by atoms with Crippen LogP contribution in [0.1, 0.15) is 26.4 Å². The minimum absolute atomic E-state index is 0.131. The lowest BCUT2D eigenvalue weighted by molar-refractivity contribution is 0.103. The number of carbonyl (C=O) groups excluding carboxylic acids is 1. The maximum absolute atomic E-state index is 13.5. The van der Waals surface area contributed by atoms with Gasteiger partial charge in [-0.25, -0.2) is 4.39 Å². The number of benzene rings is 1. The fourth-order valence-electron chi connectivity index (χ4n) is 1.83. The molecular formula is C14H13FO2S. The summed E-state index contributed by atoms with van der Waals surface area (Å²) in [4.78, 5) is 12.9. The lowest BCUT2D eigenvalue weighted by Crippen LogP contribution is -2.03. The van der Waals surface area contributed by atoms with Crippen LogP contribution in [0.4, 0.5) is 4.39 Å². The van der Waals surface area contributed by atoms with Crippen molar-refractivity contribution in [3.8, 4) is 5.75 Å². The van der Waals surface area contributed by atoms with E-state index in [1.54, 1.807) is 37.4 Å². The van der Waals surface area contributed by atoms with E-state index >= 15 is 0 Å². The van der Waals surface area contributed by atoms with E-state index in [1.807, 2.05) is 0 Å². The van der Waals surface area contributed by atoms with Gasteiger partial charge in [-0.2, -0.15) is 0 Å². The number of carbonyl (C=O) groups is 1. The number of hydrogen-bond acceptors (Lipinski definition) is 3. The first-order chi connectivity index (χ1) is 8.54. The largest absolute Gasteiger partial charge is 0.495 e. The molecule has 2 rings (SSSR count). The first-order valence-electron chi connectivity index (χ1n) is 5.47. The van der Waals surface area contributed by atoms with Crippen molar-refractivity contribution in [3.63, 3.8) is 0 Å². The molecule has 0 aliphatic heterocycles. The number of ether oxygens (including phenoxy) is 1. The molecule has 1 aromatic carbocycles. The maximum Gasteiger partial charge on any atom is 0.206 e. The van der Waals surface area contributed by atoms with Crippen LogP contribution in [-0.2, 0) is 0 Å². The van der Waals surface area contributed by atoms with Crippen LogP contribution in [0.25, 0.3) is 0 Å². The summed E-state index contributed by atoms with van der Waals surface area (Å²) in [5.74, 6) is 0.169. The van der Waals surface area contributed by atoms with Crippen LogP contribution in [-0.4, -0.2) is 12.9 Å². The highest BCUT2D eigenvalue weighted by Gasteiger charge is 2.17. The van der Waals surface area contributed by atoms with Crippen molar-refractivity contribution >= 4 is 17.1 Å². The van der Waals surface area contributed by atoms with Crippen LogP contribution in [0.5, 0.6) is 5.75 Å². The Morgan fingerprint density at radius 1 is 1.28 bits per heavy atom. The summed E-state index contributed by atoms with van der Waals surface area (Å²) in [6.07, 6.45) is 0. The minimum atomic E-state index is -0.260. The van der Waals surface area contributed by atoms with Gasteiger partial charge in [0, 0.05) is 5.56 Å². The quantitative estimate of drug-likeness (QED) is 0.789. The lowest BCUT2D eigenvalue weighted by Gasteiger charge is -2.06. The molecule has 0 fully saturated rings. The molecule has 94 valence electrons.